The Labute approximate surface area is 73.9 Å². The topological polar surface area (TPSA) is 9.23 Å². The van der Waals surface area contributed by atoms with Crippen molar-refractivity contribution < 1.29 is 4.74 Å². The fraction of sp³-hybridized carbons (Fsp3) is 1.00. The van der Waals surface area contributed by atoms with Crippen molar-refractivity contribution in [3.8, 4) is 0 Å². The Balaban J connectivity index is 0.000000148. The molecule has 0 spiro atoms. The van der Waals surface area contributed by atoms with E-state index in [0.29, 0.717) is 0 Å². The molecule has 1 aliphatic rings. The maximum atomic E-state index is 5.01. The molecule has 0 radical (unpaired) electrons. The third-order valence-corrected chi connectivity index (χ3v) is 0.827. The van der Waals surface area contributed by atoms with E-state index in [2.05, 4.69) is 0 Å². The molecule has 0 unspecified atom stereocenters. The van der Waals surface area contributed by atoms with Crippen LogP contribution in [0.25, 0.3) is 0 Å². The molecule has 0 aromatic rings. The Morgan fingerprint density at radius 3 is 1.44 bits per heavy atom. The molecule has 5 heteroatoms. The average molecular weight is 387 g/mol. The molecule has 0 N–H and O–H groups in total. The zero-order valence-corrected chi connectivity index (χ0v) is 10.6. The molecular weight excluding hydrogens is 379 g/mol. The van der Waals surface area contributed by atoms with Gasteiger partial charge in [-0.25, -0.2) is 0 Å². The minimum atomic E-state index is -2.18. The van der Waals surface area contributed by atoms with E-state index in [4.69, 9.17) is 30.3 Å². The number of rotatable bonds is 0. The molecule has 0 bridgehead atoms. The maximum absolute atomic E-state index is 5.01. The number of ether oxygens (including phenoxy) is 1. The second-order valence-electron chi connectivity index (χ2n) is 1.51. The SMILES string of the molecule is C1CCOC1.[Cl][Bi]([Cl])[Cl]. The first-order valence-electron chi connectivity index (χ1n) is 2.58. The zero-order valence-electron chi connectivity index (χ0n) is 4.82. The first-order valence-corrected chi connectivity index (χ1v) is 15.4. The van der Waals surface area contributed by atoms with Gasteiger partial charge in [0.15, 0.2) is 0 Å². The van der Waals surface area contributed by atoms with E-state index in [9.17, 15) is 0 Å². The Morgan fingerprint density at radius 2 is 1.33 bits per heavy atom. The van der Waals surface area contributed by atoms with Crippen LogP contribution in [0.15, 0.2) is 0 Å². The van der Waals surface area contributed by atoms with Crippen LogP contribution >= 0.6 is 25.5 Å². The average Bonchev–Trinajstić information content (AvgIpc) is 2.11. The first-order chi connectivity index (χ1) is 4.23. The van der Waals surface area contributed by atoms with Gasteiger partial charge < -0.3 is 4.74 Å². The molecule has 9 heavy (non-hydrogen) atoms. The van der Waals surface area contributed by atoms with Gasteiger partial charge in [0, 0.05) is 13.2 Å². The van der Waals surface area contributed by atoms with Crippen molar-refractivity contribution in [2.24, 2.45) is 0 Å². The van der Waals surface area contributed by atoms with Gasteiger partial charge in [0.25, 0.3) is 0 Å². The van der Waals surface area contributed by atoms with E-state index in [0.717, 1.165) is 13.2 Å². The van der Waals surface area contributed by atoms with Crippen LogP contribution in [0, 0.1) is 0 Å². The summed E-state index contributed by atoms with van der Waals surface area (Å²) >= 11 is -2.18. The molecule has 0 atom stereocenters. The van der Waals surface area contributed by atoms with Crippen LogP contribution in [-0.2, 0) is 4.74 Å². The van der Waals surface area contributed by atoms with Crippen LogP contribution in [0.2, 0.25) is 0 Å². The molecular formula is C4H8BiCl3O. The summed E-state index contributed by atoms with van der Waals surface area (Å²) in [4.78, 5) is 0. The van der Waals surface area contributed by atoms with Crippen molar-refractivity contribution >= 4 is 43.7 Å². The minimum absolute atomic E-state index is 1.00. The molecule has 56 valence electrons. The molecule has 0 aromatic heterocycles. The molecule has 1 aliphatic heterocycles. The van der Waals surface area contributed by atoms with Crippen LogP contribution in [0.5, 0.6) is 0 Å². The van der Waals surface area contributed by atoms with Gasteiger partial charge in [-0.2, -0.15) is 0 Å². The van der Waals surface area contributed by atoms with Crippen LogP contribution < -0.4 is 0 Å². The van der Waals surface area contributed by atoms with Gasteiger partial charge in [0.05, 0.1) is 0 Å². The van der Waals surface area contributed by atoms with Crippen molar-refractivity contribution in [1.29, 1.82) is 0 Å². The van der Waals surface area contributed by atoms with Gasteiger partial charge in [0.1, 0.15) is 0 Å². The van der Waals surface area contributed by atoms with E-state index in [1.807, 2.05) is 0 Å². The Bertz CT molecular complexity index is 47.4. The van der Waals surface area contributed by atoms with Crippen molar-refractivity contribution in [1.82, 2.24) is 0 Å². The van der Waals surface area contributed by atoms with Crippen LogP contribution in [0.3, 0.4) is 0 Å². The van der Waals surface area contributed by atoms with Gasteiger partial charge in [-0.3, -0.25) is 0 Å². The van der Waals surface area contributed by atoms with Crippen molar-refractivity contribution in [3.05, 3.63) is 0 Å². The van der Waals surface area contributed by atoms with Gasteiger partial charge in [-0.1, -0.05) is 0 Å². The Kier molecular flexibility index (Phi) is 9.30. The zero-order chi connectivity index (χ0) is 7.11. The number of hydrogen-bond acceptors (Lipinski definition) is 1. The standard InChI is InChI=1S/C4H8O.Bi.3ClH/c1-2-4-5-3-1;;;;/h1-4H2;;3*1H/q;+3;;;/p-3. The molecule has 1 fully saturated rings. The molecule has 1 heterocycles. The van der Waals surface area contributed by atoms with Crippen LogP contribution in [0.1, 0.15) is 12.8 Å². The third-order valence-electron chi connectivity index (χ3n) is 0.827. The molecule has 1 nitrogen and oxygen atoms in total. The van der Waals surface area contributed by atoms with Gasteiger partial charge >= 0.3 is 43.7 Å². The second-order valence-corrected chi connectivity index (χ2v) is 16.5. The summed E-state index contributed by atoms with van der Waals surface area (Å²) in [6, 6.07) is 0. The second kappa shape index (κ2) is 7.82. The third kappa shape index (κ3) is 12.8. The Hall–Kier alpha value is 1.71. The van der Waals surface area contributed by atoms with E-state index < -0.39 is 18.2 Å². The molecule has 1 rings (SSSR count). The Morgan fingerprint density at radius 1 is 1.00 bits per heavy atom. The normalized spacial score (nSPS) is 17.3. The van der Waals surface area contributed by atoms with E-state index in [1.54, 1.807) is 0 Å². The summed E-state index contributed by atoms with van der Waals surface area (Å²) in [5.74, 6) is 0. The summed E-state index contributed by atoms with van der Waals surface area (Å²) in [5.41, 5.74) is 0. The van der Waals surface area contributed by atoms with E-state index in [1.165, 1.54) is 12.8 Å². The summed E-state index contributed by atoms with van der Waals surface area (Å²) in [7, 11) is 15.0. The molecule has 1 saturated heterocycles. The predicted octanol–water partition coefficient (Wildman–Crippen LogP) is 2.48. The van der Waals surface area contributed by atoms with Crippen LogP contribution in [-0.4, -0.2) is 31.4 Å². The van der Waals surface area contributed by atoms with Gasteiger partial charge in [0.2, 0.25) is 0 Å². The van der Waals surface area contributed by atoms with Gasteiger partial charge in [-0.05, 0) is 12.8 Å². The van der Waals surface area contributed by atoms with Crippen molar-refractivity contribution in [2.45, 2.75) is 12.8 Å². The summed E-state index contributed by atoms with van der Waals surface area (Å²) < 4.78 is 4.94. The summed E-state index contributed by atoms with van der Waals surface area (Å²) in [6.07, 6.45) is 2.56. The fourth-order valence-corrected chi connectivity index (χ4v) is 0.510. The van der Waals surface area contributed by atoms with Crippen molar-refractivity contribution in [2.75, 3.05) is 13.2 Å². The van der Waals surface area contributed by atoms with E-state index >= 15 is 0 Å². The van der Waals surface area contributed by atoms with Crippen LogP contribution in [0.4, 0.5) is 0 Å². The van der Waals surface area contributed by atoms with Gasteiger partial charge in [-0.15, -0.1) is 0 Å². The molecule has 0 aliphatic carbocycles. The summed E-state index contributed by atoms with van der Waals surface area (Å²) in [5, 5.41) is 0. The first kappa shape index (κ1) is 10.7. The number of hydrogen-bond donors (Lipinski definition) is 0. The van der Waals surface area contributed by atoms with E-state index in [-0.39, 0.29) is 0 Å². The fourth-order valence-electron chi connectivity index (χ4n) is 0.510. The monoisotopic (exact) mass is 386 g/mol. The molecule has 0 amide bonds. The quantitative estimate of drug-likeness (QED) is 0.581. The number of halogens is 3. The predicted molar refractivity (Wildman–Crippen MR) is 43.4 cm³/mol. The molecule has 0 aromatic carbocycles. The van der Waals surface area contributed by atoms with Crippen molar-refractivity contribution in [3.63, 3.8) is 0 Å². The molecule has 0 saturated carbocycles. The summed E-state index contributed by atoms with van der Waals surface area (Å²) in [6.45, 7) is 2.00.